The molecule has 1 aromatic rings. The van der Waals surface area contributed by atoms with E-state index in [1.165, 1.54) is 7.05 Å². The minimum atomic E-state index is -1.16. The van der Waals surface area contributed by atoms with Gasteiger partial charge in [-0.2, -0.15) is 0 Å². The van der Waals surface area contributed by atoms with Crippen molar-refractivity contribution in [3.8, 4) is 0 Å². The van der Waals surface area contributed by atoms with E-state index in [1.807, 2.05) is 13.0 Å². The third-order valence-corrected chi connectivity index (χ3v) is 3.92. The summed E-state index contributed by atoms with van der Waals surface area (Å²) in [5, 5.41) is 17.4. The Labute approximate surface area is 148 Å². The zero-order chi connectivity index (χ0) is 18.8. The van der Waals surface area contributed by atoms with Gasteiger partial charge in [-0.3, -0.25) is 14.4 Å². The average molecular weight is 349 g/mol. The molecule has 25 heavy (non-hydrogen) atoms. The number of aliphatic hydroxyl groups is 1. The number of carbonyl (C=O) groups excluding carboxylic acids is 3. The van der Waals surface area contributed by atoms with Crippen LogP contribution < -0.4 is 16.0 Å². The monoisotopic (exact) mass is 349 g/mol. The first-order valence-electron chi connectivity index (χ1n) is 8.42. The fourth-order valence-electron chi connectivity index (χ4n) is 2.45. The Morgan fingerprint density at radius 2 is 1.76 bits per heavy atom. The van der Waals surface area contributed by atoms with Crippen LogP contribution in [0.4, 0.5) is 0 Å². The van der Waals surface area contributed by atoms with Gasteiger partial charge in [-0.1, -0.05) is 50.6 Å². The second-order valence-electron chi connectivity index (χ2n) is 5.95. The summed E-state index contributed by atoms with van der Waals surface area (Å²) < 4.78 is 0. The molecule has 4 N–H and O–H groups in total. The van der Waals surface area contributed by atoms with E-state index >= 15 is 0 Å². The molecule has 0 spiro atoms. The van der Waals surface area contributed by atoms with E-state index in [0.29, 0.717) is 12.0 Å². The zero-order valence-electron chi connectivity index (χ0n) is 14.9. The lowest BCUT2D eigenvalue weighted by molar-refractivity contribution is -0.134. The van der Waals surface area contributed by atoms with Crippen LogP contribution in [0.2, 0.25) is 0 Å². The van der Waals surface area contributed by atoms with Crippen LogP contribution >= 0.6 is 0 Å². The van der Waals surface area contributed by atoms with E-state index in [0.717, 1.165) is 6.42 Å². The lowest BCUT2D eigenvalue weighted by atomic mass is 9.99. The van der Waals surface area contributed by atoms with Gasteiger partial charge in [0.1, 0.15) is 12.1 Å². The molecule has 0 saturated heterocycles. The van der Waals surface area contributed by atoms with Crippen LogP contribution in [-0.4, -0.2) is 42.5 Å². The van der Waals surface area contributed by atoms with Gasteiger partial charge >= 0.3 is 0 Å². The summed E-state index contributed by atoms with van der Waals surface area (Å²) in [6, 6.07) is 7.96. The maximum Gasteiger partial charge on any atom is 0.249 e. The van der Waals surface area contributed by atoms with Gasteiger partial charge in [0.25, 0.3) is 0 Å². The van der Waals surface area contributed by atoms with Crippen molar-refractivity contribution in [2.45, 2.75) is 38.8 Å². The summed E-state index contributed by atoms with van der Waals surface area (Å²) in [6.45, 7) is 3.44. The summed E-state index contributed by atoms with van der Waals surface area (Å²) in [4.78, 5) is 36.0. The Balaban J connectivity index is 2.61. The Morgan fingerprint density at radius 1 is 1.12 bits per heavy atom. The highest BCUT2D eigenvalue weighted by molar-refractivity contribution is 5.91. The van der Waals surface area contributed by atoms with E-state index < -0.39 is 24.0 Å². The summed E-state index contributed by atoms with van der Waals surface area (Å²) in [6.07, 6.45) is 0.418. The minimum Gasteiger partial charge on any atom is -0.383 e. The lowest BCUT2D eigenvalue weighted by Crippen LogP contribution is -2.46. The number of benzene rings is 1. The average Bonchev–Trinajstić information content (AvgIpc) is 2.63. The zero-order valence-corrected chi connectivity index (χ0v) is 14.9. The molecular weight excluding hydrogens is 322 g/mol. The Morgan fingerprint density at radius 3 is 2.32 bits per heavy atom. The van der Waals surface area contributed by atoms with Crippen LogP contribution in [0.15, 0.2) is 30.3 Å². The van der Waals surface area contributed by atoms with Crippen LogP contribution in [0.5, 0.6) is 0 Å². The molecule has 0 heterocycles. The van der Waals surface area contributed by atoms with Crippen molar-refractivity contribution < 1.29 is 19.5 Å². The second kappa shape index (κ2) is 10.5. The molecule has 138 valence electrons. The molecule has 0 aliphatic rings. The van der Waals surface area contributed by atoms with Crippen molar-refractivity contribution in [1.29, 1.82) is 0 Å². The standard InChI is InChI=1S/C18H27N3O4/c1-4-8-12(2)16(23)18(25)20-11-14(22)21-15(17(24)19-3)13-9-6-5-7-10-13/h5-7,9-10,12,15-16,23H,4,8,11H2,1-3H3,(H,19,24)(H,20,25)(H,21,22)/t12?,15-,16?/m0/s1. The third-order valence-electron chi connectivity index (χ3n) is 3.92. The van der Waals surface area contributed by atoms with Crippen molar-refractivity contribution in [1.82, 2.24) is 16.0 Å². The van der Waals surface area contributed by atoms with Gasteiger partial charge in [-0.05, 0) is 17.9 Å². The molecule has 7 nitrogen and oxygen atoms in total. The number of nitrogens with one attached hydrogen (secondary N) is 3. The van der Waals surface area contributed by atoms with Gasteiger partial charge in [0.2, 0.25) is 17.7 Å². The second-order valence-corrected chi connectivity index (χ2v) is 5.95. The van der Waals surface area contributed by atoms with Crippen LogP contribution in [-0.2, 0) is 14.4 Å². The molecule has 0 aromatic heterocycles. The van der Waals surface area contributed by atoms with E-state index in [2.05, 4.69) is 16.0 Å². The molecular formula is C18H27N3O4. The Bertz CT molecular complexity index is 577. The smallest absolute Gasteiger partial charge is 0.249 e. The SMILES string of the molecule is CCCC(C)C(O)C(=O)NCC(=O)N[C@H](C(=O)NC)c1ccccc1. The molecule has 0 aliphatic heterocycles. The lowest BCUT2D eigenvalue weighted by Gasteiger charge is -2.19. The van der Waals surface area contributed by atoms with Gasteiger partial charge in [0, 0.05) is 7.05 Å². The number of carbonyl (C=O) groups is 3. The van der Waals surface area contributed by atoms with Gasteiger partial charge in [-0.25, -0.2) is 0 Å². The Hall–Kier alpha value is -2.41. The molecule has 1 rings (SSSR count). The third kappa shape index (κ3) is 6.54. The molecule has 2 unspecified atom stereocenters. The number of rotatable bonds is 9. The predicted molar refractivity (Wildman–Crippen MR) is 94.5 cm³/mol. The van der Waals surface area contributed by atoms with Crippen LogP contribution in [0, 0.1) is 5.92 Å². The molecule has 3 atom stereocenters. The topological polar surface area (TPSA) is 108 Å². The van der Waals surface area contributed by atoms with E-state index in [1.54, 1.807) is 31.2 Å². The van der Waals surface area contributed by atoms with Crippen molar-refractivity contribution in [3.63, 3.8) is 0 Å². The first kappa shape index (κ1) is 20.6. The number of amides is 3. The molecule has 1 aromatic carbocycles. The maximum absolute atomic E-state index is 12.1. The Kier molecular flexibility index (Phi) is 8.63. The van der Waals surface area contributed by atoms with Gasteiger partial charge in [0.05, 0.1) is 6.54 Å². The van der Waals surface area contributed by atoms with Gasteiger partial charge in [0.15, 0.2) is 0 Å². The number of likely N-dealkylation sites (N-methyl/N-ethyl adjacent to an activating group) is 1. The highest BCUT2D eigenvalue weighted by atomic mass is 16.3. The normalized spacial score (nSPS) is 14.1. The van der Waals surface area contributed by atoms with Crippen LogP contribution in [0.1, 0.15) is 38.3 Å². The maximum atomic E-state index is 12.1. The molecule has 0 bridgehead atoms. The van der Waals surface area contributed by atoms with Crippen molar-refractivity contribution in [2.24, 2.45) is 5.92 Å². The summed E-state index contributed by atoms with van der Waals surface area (Å²) in [7, 11) is 1.48. The van der Waals surface area contributed by atoms with Crippen molar-refractivity contribution in [2.75, 3.05) is 13.6 Å². The van der Waals surface area contributed by atoms with Crippen molar-refractivity contribution >= 4 is 17.7 Å². The minimum absolute atomic E-state index is 0.184. The fraction of sp³-hybridized carbons (Fsp3) is 0.500. The fourth-order valence-corrected chi connectivity index (χ4v) is 2.45. The van der Waals surface area contributed by atoms with Crippen molar-refractivity contribution in [3.05, 3.63) is 35.9 Å². The summed E-state index contributed by atoms with van der Waals surface area (Å²) >= 11 is 0. The summed E-state index contributed by atoms with van der Waals surface area (Å²) in [5.74, 6) is -1.65. The summed E-state index contributed by atoms with van der Waals surface area (Å²) in [5.41, 5.74) is 0.637. The predicted octanol–water partition coefficient (Wildman–Crippen LogP) is 0.503. The van der Waals surface area contributed by atoms with Gasteiger partial charge < -0.3 is 21.1 Å². The van der Waals surface area contributed by atoms with Gasteiger partial charge in [-0.15, -0.1) is 0 Å². The van der Waals surface area contributed by atoms with E-state index in [9.17, 15) is 19.5 Å². The quantitative estimate of drug-likeness (QED) is 0.521. The molecule has 0 fully saturated rings. The number of hydrogen-bond acceptors (Lipinski definition) is 4. The molecule has 0 aliphatic carbocycles. The van der Waals surface area contributed by atoms with Crippen LogP contribution in [0.25, 0.3) is 0 Å². The van der Waals surface area contributed by atoms with E-state index in [4.69, 9.17) is 0 Å². The molecule has 0 radical (unpaired) electrons. The number of aliphatic hydroxyl groups excluding tert-OH is 1. The molecule has 7 heteroatoms. The highest BCUT2D eigenvalue weighted by Crippen LogP contribution is 2.13. The first-order chi connectivity index (χ1) is 11.9. The first-order valence-corrected chi connectivity index (χ1v) is 8.42. The largest absolute Gasteiger partial charge is 0.383 e. The molecule has 0 saturated carbocycles. The highest BCUT2D eigenvalue weighted by Gasteiger charge is 2.24. The van der Waals surface area contributed by atoms with Crippen LogP contribution in [0.3, 0.4) is 0 Å². The van der Waals surface area contributed by atoms with E-state index in [-0.39, 0.29) is 18.4 Å². The molecule has 3 amide bonds. The number of hydrogen-bond donors (Lipinski definition) is 4.